The lowest BCUT2D eigenvalue weighted by atomic mass is 10.1. The van der Waals surface area contributed by atoms with Crippen LogP contribution < -0.4 is 14.8 Å². The van der Waals surface area contributed by atoms with Crippen LogP contribution in [0.4, 0.5) is 5.69 Å². The van der Waals surface area contributed by atoms with E-state index in [0.717, 1.165) is 0 Å². The van der Waals surface area contributed by atoms with Gasteiger partial charge >= 0.3 is 0 Å². The molecule has 0 saturated carbocycles. The molecule has 6 heteroatoms. The van der Waals surface area contributed by atoms with Gasteiger partial charge in [-0.2, -0.15) is 0 Å². The van der Waals surface area contributed by atoms with E-state index in [1.165, 1.54) is 31.4 Å². The molecule has 2 aromatic carbocycles. The van der Waals surface area contributed by atoms with Crippen molar-refractivity contribution in [2.24, 2.45) is 4.99 Å². The Morgan fingerprint density at radius 2 is 2.00 bits per heavy atom. The second kappa shape index (κ2) is 6.34. The van der Waals surface area contributed by atoms with E-state index in [0.29, 0.717) is 10.6 Å². The number of amidine groups is 1. The number of rotatable bonds is 1. The molecule has 124 valence electrons. The van der Waals surface area contributed by atoms with E-state index >= 15 is 0 Å². The first-order valence-corrected chi connectivity index (χ1v) is 7.43. The molecule has 2 aliphatic heterocycles. The van der Waals surface area contributed by atoms with Crippen molar-refractivity contribution < 1.29 is 20.4 Å². The Labute approximate surface area is 157 Å². The van der Waals surface area contributed by atoms with Crippen LogP contribution in [0, 0.1) is 0 Å². The van der Waals surface area contributed by atoms with Gasteiger partial charge in [0.05, 0.1) is 18.2 Å². The molecule has 0 amide bonds. The lowest BCUT2D eigenvalue weighted by molar-refractivity contribution is 0.357. The fourth-order valence-corrected chi connectivity index (χ4v) is 2.53. The van der Waals surface area contributed by atoms with Gasteiger partial charge in [0.2, 0.25) is 0 Å². The number of benzene rings is 2. The van der Waals surface area contributed by atoms with Crippen molar-refractivity contribution in [2.75, 3.05) is 33.1 Å². The summed E-state index contributed by atoms with van der Waals surface area (Å²) in [5.41, 5.74) is 0.215. The molecule has 5 nitrogen and oxygen atoms in total. The zero-order chi connectivity index (χ0) is 23.7. The van der Waals surface area contributed by atoms with Gasteiger partial charge < -0.3 is 19.7 Å². The first-order valence-electron chi connectivity index (χ1n) is 11.1. The number of ether oxygens (including phenoxy) is 2. The second-order valence-corrected chi connectivity index (χ2v) is 5.38. The number of aliphatic imine (C=N–C) groups is 1. The molecule has 0 aromatic heterocycles. The zero-order valence-corrected chi connectivity index (χ0v) is 13.3. The lowest BCUT2D eigenvalue weighted by Gasteiger charge is -2.30. The van der Waals surface area contributed by atoms with E-state index in [9.17, 15) is 0 Å². The number of hydrogen-bond donors (Lipinski definition) is 1. The summed E-state index contributed by atoms with van der Waals surface area (Å²) in [6, 6.07) is 9.06. The second-order valence-electron chi connectivity index (χ2n) is 4.95. The Bertz CT molecular complexity index is 1100. The Kier molecular flexibility index (Phi) is 2.31. The molecule has 0 spiro atoms. The van der Waals surface area contributed by atoms with Gasteiger partial charge in [-0.05, 0) is 30.3 Å². The first-order chi connectivity index (χ1) is 14.7. The number of nitrogens with zero attached hydrogens (tertiary/aromatic N) is 2. The average molecular weight is 352 g/mol. The topological polar surface area (TPSA) is 46.1 Å². The quantitative estimate of drug-likeness (QED) is 0.855. The van der Waals surface area contributed by atoms with Crippen LogP contribution in [0.3, 0.4) is 0 Å². The molecule has 2 aliphatic rings. The molecule has 2 heterocycles. The Hall–Kier alpha value is -2.24. The highest BCUT2D eigenvalue weighted by Crippen LogP contribution is 2.40. The van der Waals surface area contributed by atoms with Crippen molar-refractivity contribution in [3.63, 3.8) is 0 Å². The molecule has 0 radical (unpaired) electrons. The van der Waals surface area contributed by atoms with Gasteiger partial charge in [0, 0.05) is 42.6 Å². The molecule has 2 aromatic rings. The fourth-order valence-electron chi connectivity index (χ4n) is 2.36. The van der Waals surface area contributed by atoms with Crippen molar-refractivity contribution in [1.82, 2.24) is 10.2 Å². The van der Waals surface area contributed by atoms with Crippen LogP contribution in [0.1, 0.15) is 16.5 Å². The molecular weight excluding hydrogens is 326 g/mol. The standard InChI is InChI=1S/C18H18ClN3O2/c1-23-13-3-5-17-15(11-13)21-18(22-8-6-20-7-9-22)14-10-12(19)2-4-16(14)24-17/h2-5,10-11,20H,6-9H2,1H3/i6D2,7D2,8D2,9D2. The summed E-state index contributed by atoms with van der Waals surface area (Å²) in [6.45, 7) is -12.1. The van der Waals surface area contributed by atoms with Gasteiger partial charge in [-0.15, -0.1) is 0 Å². The molecule has 0 aliphatic carbocycles. The van der Waals surface area contributed by atoms with Crippen LogP contribution in [0.5, 0.6) is 17.2 Å². The van der Waals surface area contributed by atoms with Crippen molar-refractivity contribution in [2.45, 2.75) is 0 Å². The lowest BCUT2D eigenvalue weighted by Crippen LogP contribution is -2.46. The minimum absolute atomic E-state index is 0.0638. The van der Waals surface area contributed by atoms with Crippen LogP contribution in [0.2, 0.25) is 5.02 Å². The molecule has 1 fully saturated rings. The van der Waals surface area contributed by atoms with Crippen molar-refractivity contribution in [3.05, 3.63) is 47.0 Å². The number of piperazine rings is 1. The highest BCUT2D eigenvalue weighted by atomic mass is 35.5. The van der Waals surface area contributed by atoms with Crippen molar-refractivity contribution in [1.29, 1.82) is 0 Å². The van der Waals surface area contributed by atoms with Crippen LogP contribution >= 0.6 is 11.6 Å². The van der Waals surface area contributed by atoms with E-state index in [1.54, 1.807) is 12.1 Å². The van der Waals surface area contributed by atoms with Gasteiger partial charge in [-0.1, -0.05) is 11.6 Å². The number of hydrogen-bond acceptors (Lipinski definition) is 5. The highest BCUT2D eigenvalue weighted by Gasteiger charge is 2.24. The van der Waals surface area contributed by atoms with Crippen LogP contribution in [0.25, 0.3) is 0 Å². The number of halogens is 1. The van der Waals surface area contributed by atoms with Crippen LogP contribution in [0.15, 0.2) is 41.4 Å². The molecule has 1 saturated heterocycles. The minimum Gasteiger partial charge on any atom is -0.497 e. The third-order valence-electron chi connectivity index (χ3n) is 3.47. The van der Waals surface area contributed by atoms with Gasteiger partial charge in [-0.3, -0.25) is 0 Å². The average Bonchev–Trinajstić information content (AvgIpc) is 2.82. The van der Waals surface area contributed by atoms with Gasteiger partial charge in [0.15, 0.2) is 5.75 Å². The monoisotopic (exact) mass is 351 g/mol. The summed E-state index contributed by atoms with van der Waals surface area (Å²) < 4.78 is 77.3. The molecule has 0 atom stereocenters. The predicted octanol–water partition coefficient (Wildman–Crippen LogP) is 3.44. The minimum atomic E-state index is -3.08. The maximum Gasteiger partial charge on any atom is 0.153 e. The number of methoxy groups -OCH3 is 1. The Morgan fingerprint density at radius 1 is 1.21 bits per heavy atom. The van der Waals surface area contributed by atoms with E-state index in [-0.39, 0.29) is 27.8 Å². The Morgan fingerprint density at radius 3 is 2.79 bits per heavy atom. The normalized spacial score (nSPS) is 29.8. The van der Waals surface area contributed by atoms with Gasteiger partial charge in [0.1, 0.15) is 23.0 Å². The summed E-state index contributed by atoms with van der Waals surface area (Å²) >= 11 is 6.15. The smallest absolute Gasteiger partial charge is 0.153 e. The molecule has 4 rings (SSSR count). The van der Waals surface area contributed by atoms with Gasteiger partial charge in [0.25, 0.3) is 0 Å². The number of fused-ring (bicyclic) bond motifs is 2. The summed E-state index contributed by atoms with van der Waals surface area (Å²) in [4.78, 5) is 4.78. The summed E-state index contributed by atoms with van der Waals surface area (Å²) in [7, 11) is 1.44. The number of nitrogens with one attached hydrogen (secondary N) is 1. The first kappa shape index (κ1) is 8.74. The van der Waals surface area contributed by atoms with Gasteiger partial charge in [-0.25, -0.2) is 4.99 Å². The predicted molar refractivity (Wildman–Crippen MR) is 95.2 cm³/mol. The SMILES string of the molecule is [2H]C1([2H])NC([2H])([2H])C([2H])([2H])N(C2=Nc3cc(OC)ccc3Oc3ccc(Cl)cc32)C1([2H])[2H]. The maximum absolute atomic E-state index is 8.45. The highest BCUT2D eigenvalue weighted by molar-refractivity contribution is 6.31. The summed E-state index contributed by atoms with van der Waals surface area (Å²) in [5, 5.41) is 2.03. The summed E-state index contributed by atoms with van der Waals surface area (Å²) in [6.07, 6.45) is 0. The molecular formula is C18H18ClN3O2. The van der Waals surface area contributed by atoms with E-state index in [2.05, 4.69) is 4.99 Å². The third kappa shape index (κ3) is 2.81. The zero-order valence-electron chi connectivity index (χ0n) is 20.6. The third-order valence-corrected chi connectivity index (χ3v) is 3.70. The molecule has 1 N–H and O–H groups in total. The molecule has 24 heavy (non-hydrogen) atoms. The maximum atomic E-state index is 8.45. The van der Waals surface area contributed by atoms with E-state index in [4.69, 9.17) is 32.0 Å². The van der Waals surface area contributed by atoms with Crippen LogP contribution in [-0.2, 0) is 0 Å². The molecule has 0 bridgehead atoms. The fraction of sp³-hybridized carbons (Fsp3) is 0.278. The molecule has 0 unspecified atom stereocenters. The van der Waals surface area contributed by atoms with E-state index < -0.39 is 31.8 Å². The van der Waals surface area contributed by atoms with Crippen LogP contribution in [-0.4, -0.2) is 43.8 Å². The van der Waals surface area contributed by atoms with Crippen molar-refractivity contribution in [3.8, 4) is 17.2 Å². The Balaban J connectivity index is 2.06. The largest absolute Gasteiger partial charge is 0.497 e. The van der Waals surface area contributed by atoms with Crippen molar-refractivity contribution >= 4 is 23.1 Å². The summed E-state index contributed by atoms with van der Waals surface area (Å²) in [5.74, 6) is 0.421. The van der Waals surface area contributed by atoms with E-state index in [1.807, 2.05) is 5.32 Å².